The Balaban J connectivity index is 2.39. The summed E-state index contributed by atoms with van der Waals surface area (Å²) in [4.78, 5) is 4.25. The van der Waals surface area contributed by atoms with Crippen molar-refractivity contribution in [3.63, 3.8) is 0 Å². The maximum atomic E-state index is 5.84. The largest absolute Gasteiger partial charge is 0.435 e. The lowest BCUT2D eigenvalue weighted by molar-refractivity contribution is 0.448. The second kappa shape index (κ2) is 5.07. The first-order chi connectivity index (χ1) is 8.52. The molecule has 2 N–H and O–H groups in total. The van der Waals surface area contributed by atoms with E-state index in [-0.39, 0.29) is 0 Å². The molecule has 0 amide bonds. The number of hydrogen-bond donors (Lipinski definition) is 1. The number of rotatable bonds is 3. The molecular weight excluding hydrogens is 296 g/mol. The van der Waals surface area contributed by atoms with Crippen LogP contribution in [0.1, 0.15) is 17.0 Å². The van der Waals surface area contributed by atoms with Gasteiger partial charge in [0.25, 0.3) is 0 Å². The molecule has 0 aromatic carbocycles. The van der Waals surface area contributed by atoms with Gasteiger partial charge in [0, 0.05) is 29.8 Å². The van der Waals surface area contributed by atoms with Gasteiger partial charge in [-0.1, -0.05) is 0 Å². The highest BCUT2D eigenvalue weighted by Gasteiger charge is 2.14. The topological polar surface area (TPSA) is 66.0 Å². The number of hydrogen-bond acceptors (Lipinski definition) is 4. The van der Waals surface area contributed by atoms with Crippen molar-refractivity contribution >= 4 is 15.9 Å². The molecule has 2 heterocycles. The molecule has 5 nitrogen and oxygen atoms in total. The first kappa shape index (κ1) is 13.0. The zero-order valence-corrected chi connectivity index (χ0v) is 12.2. The molecule has 96 valence electrons. The van der Waals surface area contributed by atoms with Crippen LogP contribution >= 0.6 is 15.9 Å². The monoisotopic (exact) mass is 310 g/mol. The molecule has 0 aliphatic heterocycles. The molecule has 6 heteroatoms. The van der Waals surface area contributed by atoms with Crippen LogP contribution in [0, 0.1) is 13.8 Å². The van der Waals surface area contributed by atoms with Gasteiger partial charge in [-0.15, -0.1) is 0 Å². The first-order valence-electron chi connectivity index (χ1n) is 5.55. The van der Waals surface area contributed by atoms with Crippen LogP contribution in [-0.2, 0) is 13.6 Å². The predicted molar refractivity (Wildman–Crippen MR) is 72.6 cm³/mol. The normalized spacial score (nSPS) is 10.7. The Morgan fingerprint density at radius 2 is 2.17 bits per heavy atom. The molecule has 0 fully saturated rings. The summed E-state index contributed by atoms with van der Waals surface area (Å²) in [5.74, 6) is 1.27. The van der Waals surface area contributed by atoms with Gasteiger partial charge in [0.1, 0.15) is 5.69 Å². The second-order valence-corrected chi connectivity index (χ2v) is 4.96. The lowest BCUT2D eigenvalue weighted by atomic mass is 10.2. The first-order valence-corrected chi connectivity index (χ1v) is 6.34. The van der Waals surface area contributed by atoms with Crippen molar-refractivity contribution in [2.75, 3.05) is 0 Å². The Morgan fingerprint density at radius 3 is 2.72 bits per heavy atom. The molecule has 0 radical (unpaired) electrons. The molecule has 0 unspecified atom stereocenters. The van der Waals surface area contributed by atoms with E-state index in [0.29, 0.717) is 12.4 Å². The third-order valence-electron chi connectivity index (χ3n) is 2.75. The standard InChI is InChI=1S/C12H15BrN4O/c1-7-11(8(2)17(3)16-7)18-12-9(5-14)4-10(13)6-15-12/h4,6H,5,14H2,1-3H3. The summed E-state index contributed by atoms with van der Waals surface area (Å²) in [6, 6.07) is 1.91. The molecule has 0 bridgehead atoms. The van der Waals surface area contributed by atoms with E-state index in [0.717, 1.165) is 27.2 Å². The average Bonchev–Trinajstić information content (AvgIpc) is 2.58. The van der Waals surface area contributed by atoms with Crippen molar-refractivity contribution in [3.05, 3.63) is 33.7 Å². The molecular formula is C12H15BrN4O. The molecule has 18 heavy (non-hydrogen) atoms. The van der Waals surface area contributed by atoms with Gasteiger partial charge in [-0.2, -0.15) is 5.10 Å². The number of pyridine rings is 1. The molecule has 0 saturated carbocycles. The quantitative estimate of drug-likeness (QED) is 0.945. The summed E-state index contributed by atoms with van der Waals surface area (Å²) in [6.45, 7) is 4.24. The molecule has 2 rings (SSSR count). The lowest BCUT2D eigenvalue weighted by Gasteiger charge is -2.09. The Hall–Kier alpha value is -1.40. The molecule has 0 aliphatic carbocycles. The van der Waals surface area contributed by atoms with Crippen LogP contribution in [0.25, 0.3) is 0 Å². The van der Waals surface area contributed by atoms with Gasteiger partial charge in [0.15, 0.2) is 5.75 Å². The van der Waals surface area contributed by atoms with E-state index in [1.165, 1.54) is 0 Å². The SMILES string of the molecule is Cc1nn(C)c(C)c1Oc1ncc(Br)cc1CN. The number of aryl methyl sites for hydroxylation is 2. The van der Waals surface area contributed by atoms with E-state index in [2.05, 4.69) is 26.0 Å². The number of nitrogens with zero attached hydrogens (tertiary/aromatic N) is 3. The summed E-state index contributed by atoms with van der Waals surface area (Å²) < 4.78 is 8.51. The highest BCUT2D eigenvalue weighted by molar-refractivity contribution is 9.10. The average molecular weight is 311 g/mol. The van der Waals surface area contributed by atoms with Crippen LogP contribution in [0.4, 0.5) is 0 Å². The van der Waals surface area contributed by atoms with E-state index < -0.39 is 0 Å². The minimum atomic E-state index is 0.375. The Kier molecular flexibility index (Phi) is 3.68. The van der Waals surface area contributed by atoms with Crippen molar-refractivity contribution in [2.45, 2.75) is 20.4 Å². The van der Waals surface area contributed by atoms with Gasteiger partial charge in [-0.25, -0.2) is 4.98 Å². The fraction of sp³-hybridized carbons (Fsp3) is 0.333. The molecule has 0 atom stereocenters. The number of aromatic nitrogens is 3. The van der Waals surface area contributed by atoms with E-state index in [4.69, 9.17) is 10.5 Å². The van der Waals surface area contributed by atoms with Gasteiger partial charge in [0.05, 0.1) is 5.69 Å². The molecule has 0 spiro atoms. The fourth-order valence-electron chi connectivity index (χ4n) is 1.71. The highest BCUT2D eigenvalue weighted by atomic mass is 79.9. The van der Waals surface area contributed by atoms with Gasteiger partial charge >= 0.3 is 0 Å². The van der Waals surface area contributed by atoms with Crippen molar-refractivity contribution in [1.82, 2.24) is 14.8 Å². The Morgan fingerprint density at radius 1 is 1.44 bits per heavy atom. The Bertz CT molecular complexity index is 580. The van der Waals surface area contributed by atoms with Crippen LogP contribution in [0.5, 0.6) is 11.6 Å². The lowest BCUT2D eigenvalue weighted by Crippen LogP contribution is -2.02. The number of ether oxygens (including phenoxy) is 1. The summed E-state index contributed by atoms with van der Waals surface area (Å²) in [6.07, 6.45) is 1.69. The summed E-state index contributed by atoms with van der Waals surface area (Å²) in [5.41, 5.74) is 8.34. The predicted octanol–water partition coefficient (Wildman–Crippen LogP) is 2.45. The van der Waals surface area contributed by atoms with Crippen LogP contribution in [0.2, 0.25) is 0 Å². The maximum absolute atomic E-state index is 5.84. The summed E-state index contributed by atoms with van der Waals surface area (Å²) in [5, 5.41) is 4.30. The van der Waals surface area contributed by atoms with E-state index in [9.17, 15) is 0 Å². The van der Waals surface area contributed by atoms with Crippen molar-refractivity contribution < 1.29 is 4.74 Å². The molecule has 0 aliphatic rings. The van der Waals surface area contributed by atoms with Crippen LogP contribution in [-0.4, -0.2) is 14.8 Å². The molecule has 0 saturated heterocycles. The second-order valence-electron chi connectivity index (χ2n) is 4.05. The van der Waals surface area contributed by atoms with Gasteiger partial charge in [-0.05, 0) is 35.8 Å². The smallest absolute Gasteiger partial charge is 0.223 e. The van der Waals surface area contributed by atoms with E-state index in [1.54, 1.807) is 10.9 Å². The van der Waals surface area contributed by atoms with Crippen molar-refractivity contribution in [2.24, 2.45) is 12.8 Å². The Labute approximate surface area is 114 Å². The van der Waals surface area contributed by atoms with Crippen LogP contribution in [0.15, 0.2) is 16.7 Å². The fourth-order valence-corrected chi connectivity index (χ4v) is 2.08. The molecule has 2 aromatic heterocycles. The minimum Gasteiger partial charge on any atom is -0.435 e. The van der Waals surface area contributed by atoms with Crippen LogP contribution < -0.4 is 10.5 Å². The third-order valence-corrected chi connectivity index (χ3v) is 3.19. The van der Waals surface area contributed by atoms with Gasteiger partial charge in [-0.3, -0.25) is 4.68 Å². The summed E-state index contributed by atoms with van der Waals surface area (Å²) >= 11 is 3.37. The van der Waals surface area contributed by atoms with Crippen molar-refractivity contribution in [3.8, 4) is 11.6 Å². The van der Waals surface area contributed by atoms with Gasteiger partial charge in [0.2, 0.25) is 5.88 Å². The number of halogens is 1. The third kappa shape index (κ3) is 2.39. The molecule has 2 aromatic rings. The number of nitrogens with two attached hydrogens (primary N) is 1. The van der Waals surface area contributed by atoms with E-state index in [1.807, 2.05) is 27.0 Å². The highest BCUT2D eigenvalue weighted by Crippen LogP contribution is 2.29. The van der Waals surface area contributed by atoms with E-state index >= 15 is 0 Å². The summed E-state index contributed by atoms with van der Waals surface area (Å²) in [7, 11) is 1.88. The minimum absolute atomic E-state index is 0.375. The zero-order chi connectivity index (χ0) is 13.3. The van der Waals surface area contributed by atoms with Crippen LogP contribution in [0.3, 0.4) is 0 Å². The van der Waals surface area contributed by atoms with Crippen molar-refractivity contribution in [1.29, 1.82) is 0 Å². The zero-order valence-electron chi connectivity index (χ0n) is 10.6. The van der Waals surface area contributed by atoms with Gasteiger partial charge < -0.3 is 10.5 Å². The maximum Gasteiger partial charge on any atom is 0.223 e.